The van der Waals surface area contributed by atoms with E-state index in [4.69, 9.17) is 0 Å². The van der Waals surface area contributed by atoms with Crippen molar-refractivity contribution in [2.45, 2.75) is 25.7 Å². The fraction of sp³-hybridized carbons (Fsp3) is 0.158. The Morgan fingerprint density at radius 3 is 1.59 bits per heavy atom. The Labute approximate surface area is 240 Å². The Morgan fingerprint density at radius 2 is 1.02 bits per heavy atom. The van der Waals surface area contributed by atoms with Gasteiger partial charge in [-0.25, -0.2) is 0 Å². The third-order valence-electron chi connectivity index (χ3n) is 10.2. The van der Waals surface area contributed by atoms with Crippen molar-refractivity contribution in [2.75, 3.05) is 22.9 Å². The number of benzene rings is 6. The number of nitrogens with zero attached hydrogens (tertiary/aromatic N) is 2. The van der Waals surface area contributed by atoms with Crippen LogP contribution in [-0.2, 0) is 12.8 Å². The summed E-state index contributed by atoms with van der Waals surface area (Å²) in [6, 6.07) is 39.3. The van der Waals surface area contributed by atoms with Gasteiger partial charge < -0.3 is 9.80 Å². The number of fused-ring (bicyclic) bond motifs is 8. The predicted molar refractivity (Wildman–Crippen MR) is 175 cm³/mol. The van der Waals surface area contributed by atoms with Gasteiger partial charge in [-0.05, 0) is 98.0 Å². The summed E-state index contributed by atoms with van der Waals surface area (Å²) in [7, 11) is 0. The Bertz CT molecular complexity index is 1950. The van der Waals surface area contributed by atoms with Crippen LogP contribution in [0.15, 0.2) is 103 Å². The normalized spacial score (nSPS) is 16.0. The van der Waals surface area contributed by atoms with Crippen molar-refractivity contribution < 1.29 is 0 Å². The molecule has 0 unspecified atom stereocenters. The summed E-state index contributed by atoms with van der Waals surface area (Å²) in [5.74, 6) is 0. The van der Waals surface area contributed by atoms with Crippen LogP contribution in [0.5, 0.6) is 0 Å². The molecule has 10 rings (SSSR count). The molecule has 6 aromatic rings. The maximum Gasteiger partial charge on any atom is 0.252 e. The van der Waals surface area contributed by atoms with Gasteiger partial charge in [-0.2, -0.15) is 0 Å². The van der Waals surface area contributed by atoms with E-state index in [1.54, 1.807) is 11.1 Å². The molecule has 2 nitrogen and oxygen atoms in total. The van der Waals surface area contributed by atoms with Gasteiger partial charge in [0.05, 0.1) is 0 Å². The molecule has 0 radical (unpaired) electrons. The molecule has 0 aliphatic carbocycles. The predicted octanol–water partition coefficient (Wildman–Crippen LogP) is 6.97. The first-order valence-corrected chi connectivity index (χ1v) is 15.2. The molecule has 4 aliphatic heterocycles. The maximum atomic E-state index is 2.69. The molecule has 6 aromatic carbocycles. The molecule has 4 heterocycles. The smallest absolute Gasteiger partial charge is 0.252 e. The van der Waals surface area contributed by atoms with E-state index in [1.165, 1.54) is 84.7 Å². The first kappa shape index (κ1) is 22.2. The van der Waals surface area contributed by atoms with Gasteiger partial charge in [-0.1, -0.05) is 91.0 Å². The van der Waals surface area contributed by atoms with Crippen LogP contribution in [0.2, 0.25) is 0 Å². The molecule has 0 bridgehead atoms. The van der Waals surface area contributed by atoms with Crippen LogP contribution in [0.4, 0.5) is 22.7 Å². The van der Waals surface area contributed by atoms with Gasteiger partial charge in [0.1, 0.15) is 0 Å². The molecule has 0 aromatic heterocycles. The largest absolute Gasteiger partial charge is 0.342 e. The number of rotatable bonds is 1. The van der Waals surface area contributed by atoms with Gasteiger partial charge in [-0.3, -0.25) is 0 Å². The van der Waals surface area contributed by atoms with E-state index in [0.29, 0.717) is 0 Å². The summed E-state index contributed by atoms with van der Waals surface area (Å²) >= 11 is 0. The molecule has 4 aliphatic rings. The van der Waals surface area contributed by atoms with Crippen LogP contribution in [0, 0.1) is 0 Å². The SMILES string of the molecule is c1ccc(-c2cc3c4c(c2)N2CCCc5c2c(cc2ccccc52)B4c2cc4ccccc4c4c2N3CCC4)cc1. The van der Waals surface area contributed by atoms with E-state index >= 15 is 0 Å². The minimum absolute atomic E-state index is 0.241. The van der Waals surface area contributed by atoms with Crippen molar-refractivity contribution >= 4 is 67.4 Å². The van der Waals surface area contributed by atoms with Gasteiger partial charge >= 0.3 is 0 Å². The number of aryl methyl sites for hydroxylation is 2. The highest BCUT2D eigenvalue weighted by atomic mass is 15.2. The fourth-order valence-electron chi connectivity index (χ4n) is 8.63. The molecular formula is C38H29BN2. The lowest BCUT2D eigenvalue weighted by molar-refractivity contribution is 0.767. The van der Waals surface area contributed by atoms with Gasteiger partial charge in [0.25, 0.3) is 6.71 Å². The lowest BCUT2D eigenvalue weighted by Gasteiger charge is -2.48. The third-order valence-corrected chi connectivity index (χ3v) is 10.2. The zero-order chi connectivity index (χ0) is 26.7. The minimum Gasteiger partial charge on any atom is -0.342 e. The van der Waals surface area contributed by atoms with Crippen LogP contribution in [0.25, 0.3) is 32.7 Å². The van der Waals surface area contributed by atoms with Crippen molar-refractivity contribution in [1.82, 2.24) is 0 Å². The molecule has 0 fully saturated rings. The van der Waals surface area contributed by atoms with Crippen LogP contribution >= 0.6 is 0 Å². The van der Waals surface area contributed by atoms with Crippen LogP contribution in [0.1, 0.15) is 24.0 Å². The van der Waals surface area contributed by atoms with Crippen molar-refractivity contribution in [3.8, 4) is 11.1 Å². The van der Waals surface area contributed by atoms with Gasteiger partial charge in [0.15, 0.2) is 0 Å². The molecule has 194 valence electrons. The highest BCUT2D eigenvalue weighted by molar-refractivity contribution is 7.00. The maximum absolute atomic E-state index is 2.69. The Balaban J connectivity index is 1.37. The summed E-state index contributed by atoms with van der Waals surface area (Å²) in [5, 5.41) is 5.62. The summed E-state index contributed by atoms with van der Waals surface area (Å²) < 4.78 is 0. The van der Waals surface area contributed by atoms with Gasteiger partial charge in [0, 0.05) is 35.8 Å². The average molecular weight is 524 g/mol. The van der Waals surface area contributed by atoms with E-state index in [2.05, 4.69) is 113 Å². The van der Waals surface area contributed by atoms with Crippen LogP contribution in [-0.4, -0.2) is 19.8 Å². The molecule has 0 amide bonds. The molecule has 0 atom stereocenters. The van der Waals surface area contributed by atoms with Crippen molar-refractivity contribution in [2.24, 2.45) is 0 Å². The molecule has 0 saturated heterocycles. The molecule has 3 heteroatoms. The molecular weight excluding hydrogens is 495 g/mol. The van der Waals surface area contributed by atoms with Crippen molar-refractivity contribution in [3.63, 3.8) is 0 Å². The van der Waals surface area contributed by atoms with Gasteiger partial charge in [-0.15, -0.1) is 0 Å². The lowest BCUT2D eigenvalue weighted by atomic mass is 9.32. The molecule has 0 spiro atoms. The standard InChI is InChI=1S/C38H29BN2/c1-2-10-24(11-3-1)27-22-34-36-35(23-27)41-19-9-17-31-29-15-7-5-13-26(29)21-33(38(31)41)39(36)32-20-25-12-4-6-14-28(25)30-16-8-18-40(34)37(30)32/h1-7,10-15,20-23H,8-9,16-19H2. The molecule has 41 heavy (non-hydrogen) atoms. The summed E-state index contributed by atoms with van der Waals surface area (Å²) in [6.07, 6.45) is 4.67. The Morgan fingerprint density at radius 1 is 0.512 bits per heavy atom. The fourth-order valence-corrected chi connectivity index (χ4v) is 8.63. The summed E-state index contributed by atoms with van der Waals surface area (Å²) in [5.41, 5.74) is 16.0. The topological polar surface area (TPSA) is 6.48 Å². The van der Waals surface area contributed by atoms with Crippen molar-refractivity contribution in [3.05, 3.63) is 114 Å². The number of anilines is 4. The van der Waals surface area contributed by atoms with E-state index in [-0.39, 0.29) is 6.71 Å². The second kappa shape index (κ2) is 8.04. The first-order chi connectivity index (χ1) is 20.3. The Hall–Kier alpha value is -4.50. The Kier molecular flexibility index (Phi) is 4.36. The van der Waals surface area contributed by atoms with E-state index < -0.39 is 0 Å². The minimum atomic E-state index is 0.241. The molecule has 0 N–H and O–H groups in total. The first-order valence-electron chi connectivity index (χ1n) is 15.2. The number of hydrogen-bond acceptors (Lipinski definition) is 2. The lowest BCUT2D eigenvalue weighted by Crippen LogP contribution is -2.63. The van der Waals surface area contributed by atoms with Gasteiger partial charge in [0.2, 0.25) is 0 Å². The van der Waals surface area contributed by atoms with E-state index in [1.807, 2.05) is 0 Å². The summed E-state index contributed by atoms with van der Waals surface area (Å²) in [4.78, 5) is 5.39. The zero-order valence-electron chi connectivity index (χ0n) is 23.0. The van der Waals surface area contributed by atoms with Crippen LogP contribution < -0.4 is 26.2 Å². The van der Waals surface area contributed by atoms with Crippen molar-refractivity contribution in [1.29, 1.82) is 0 Å². The molecule has 0 saturated carbocycles. The third kappa shape index (κ3) is 2.89. The monoisotopic (exact) mass is 524 g/mol. The highest BCUT2D eigenvalue weighted by Crippen LogP contribution is 2.47. The summed E-state index contributed by atoms with van der Waals surface area (Å²) in [6.45, 7) is 2.39. The second-order valence-electron chi connectivity index (χ2n) is 12.3. The average Bonchev–Trinajstić information content (AvgIpc) is 3.04. The van der Waals surface area contributed by atoms with E-state index in [9.17, 15) is 0 Å². The highest BCUT2D eigenvalue weighted by Gasteiger charge is 2.45. The quantitative estimate of drug-likeness (QED) is 0.214. The van der Waals surface area contributed by atoms with E-state index in [0.717, 1.165) is 25.9 Å². The zero-order valence-corrected chi connectivity index (χ0v) is 23.0. The second-order valence-corrected chi connectivity index (χ2v) is 12.3. The number of hydrogen-bond donors (Lipinski definition) is 0. The van der Waals surface area contributed by atoms with Crippen LogP contribution in [0.3, 0.4) is 0 Å².